The van der Waals surface area contributed by atoms with Crippen molar-refractivity contribution < 1.29 is 4.79 Å². The first kappa shape index (κ1) is 10.9. The Morgan fingerprint density at radius 2 is 2.20 bits per heavy atom. The molecule has 4 heteroatoms. The lowest BCUT2D eigenvalue weighted by molar-refractivity contribution is 0.0997. The van der Waals surface area contributed by atoms with Crippen molar-refractivity contribution in [1.29, 1.82) is 0 Å². The summed E-state index contributed by atoms with van der Waals surface area (Å²) in [5, 5.41) is 0.959. The van der Waals surface area contributed by atoms with Gasteiger partial charge in [-0.15, -0.1) is 0 Å². The summed E-state index contributed by atoms with van der Waals surface area (Å²) in [4.78, 5) is 14.8. The number of aromatic amines is 1. The Bertz CT molecular complexity index is 516. The summed E-state index contributed by atoms with van der Waals surface area (Å²) in [5.41, 5.74) is 1.71. The van der Waals surface area contributed by atoms with Crippen LogP contribution in [0.1, 0.15) is 17.3 Å². The van der Waals surface area contributed by atoms with Gasteiger partial charge in [-0.25, -0.2) is 0 Å². The number of ketones is 1. The molecule has 0 amide bonds. The van der Waals surface area contributed by atoms with Crippen molar-refractivity contribution in [3.63, 3.8) is 0 Å². The average Bonchev–Trinajstić information content (AvgIpc) is 2.59. The molecule has 0 aliphatic rings. The Balaban J connectivity index is 2.62. The number of benzene rings is 1. The van der Waals surface area contributed by atoms with E-state index in [1.165, 1.54) is 0 Å². The Kier molecular flexibility index (Phi) is 2.98. The highest BCUT2D eigenvalue weighted by Crippen LogP contribution is 2.24. The summed E-state index contributed by atoms with van der Waals surface area (Å²) in [5.74, 6) is 0.0966. The fourth-order valence-electron chi connectivity index (χ4n) is 1.51. The van der Waals surface area contributed by atoms with E-state index in [2.05, 4.69) is 36.8 Å². The van der Waals surface area contributed by atoms with E-state index in [-0.39, 0.29) is 10.6 Å². The number of carbonyl (C=O) groups is 1. The summed E-state index contributed by atoms with van der Waals surface area (Å²) in [6, 6.07) is 5.86. The second-order valence-electron chi connectivity index (χ2n) is 3.37. The van der Waals surface area contributed by atoms with Gasteiger partial charge in [0.05, 0.1) is 4.83 Å². The molecule has 0 spiro atoms. The van der Waals surface area contributed by atoms with E-state index in [0.29, 0.717) is 0 Å². The maximum atomic E-state index is 11.8. The number of fused-ring (bicyclic) bond motifs is 1. The minimum Gasteiger partial charge on any atom is -0.360 e. The lowest BCUT2D eigenvalue weighted by Gasteiger charge is -2.00. The number of nitrogens with one attached hydrogen (secondary N) is 1. The summed E-state index contributed by atoms with van der Waals surface area (Å²) in [6.45, 7) is 1.83. The van der Waals surface area contributed by atoms with Crippen molar-refractivity contribution in [2.75, 3.05) is 0 Å². The molecule has 2 rings (SSSR count). The minimum atomic E-state index is -0.157. The molecule has 0 aliphatic heterocycles. The van der Waals surface area contributed by atoms with Gasteiger partial charge in [-0.2, -0.15) is 0 Å². The molecule has 0 unspecified atom stereocenters. The molecule has 0 radical (unpaired) electrons. The zero-order valence-electron chi connectivity index (χ0n) is 8.05. The Morgan fingerprint density at radius 1 is 1.47 bits per heavy atom. The van der Waals surface area contributed by atoms with Crippen molar-refractivity contribution >= 4 is 48.5 Å². The van der Waals surface area contributed by atoms with Gasteiger partial charge in [-0.05, 0) is 25.1 Å². The van der Waals surface area contributed by atoms with Crippen molar-refractivity contribution in [2.45, 2.75) is 11.8 Å². The molecule has 1 N–H and O–H groups in total. The molecule has 1 aromatic carbocycles. The third kappa shape index (κ3) is 2.01. The number of H-pyrrole nitrogens is 1. The van der Waals surface area contributed by atoms with Gasteiger partial charge < -0.3 is 4.98 Å². The van der Waals surface area contributed by atoms with E-state index < -0.39 is 0 Å². The minimum absolute atomic E-state index is 0.0966. The van der Waals surface area contributed by atoms with Gasteiger partial charge in [-0.3, -0.25) is 4.79 Å². The fourth-order valence-corrected chi connectivity index (χ4v) is 2.12. The number of hydrogen-bond acceptors (Lipinski definition) is 1. The van der Waals surface area contributed by atoms with E-state index in [4.69, 9.17) is 0 Å². The van der Waals surface area contributed by atoms with Crippen molar-refractivity contribution in [3.05, 3.63) is 34.4 Å². The predicted octanol–water partition coefficient (Wildman–Crippen LogP) is 3.90. The third-order valence-corrected chi connectivity index (χ3v) is 3.18. The summed E-state index contributed by atoms with van der Waals surface area (Å²) in [7, 11) is 0. The van der Waals surface area contributed by atoms with Gasteiger partial charge in [0, 0.05) is 27.1 Å². The molecule has 1 atom stereocenters. The van der Waals surface area contributed by atoms with Crippen LogP contribution in [0.15, 0.2) is 28.9 Å². The Morgan fingerprint density at radius 3 is 2.87 bits per heavy atom. The number of hydrogen-bond donors (Lipinski definition) is 1. The molecule has 0 aliphatic carbocycles. The van der Waals surface area contributed by atoms with E-state index >= 15 is 0 Å². The molecule has 0 bridgehead atoms. The number of halogens is 2. The summed E-state index contributed by atoms with van der Waals surface area (Å²) in [6.07, 6.45) is 1.76. The molecule has 1 aromatic heterocycles. The van der Waals surface area contributed by atoms with Crippen LogP contribution in [-0.2, 0) is 0 Å². The van der Waals surface area contributed by atoms with Crippen molar-refractivity contribution in [1.82, 2.24) is 4.98 Å². The van der Waals surface area contributed by atoms with Crippen LogP contribution in [0.4, 0.5) is 0 Å². The molecule has 2 nitrogen and oxygen atoms in total. The molecule has 1 heterocycles. The van der Waals surface area contributed by atoms with E-state index in [9.17, 15) is 4.79 Å². The molecule has 0 saturated carbocycles. The van der Waals surface area contributed by atoms with Crippen molar-refractivity contribution in [3.8, 4) is 0 Å². The van der Waals surface area contributed by atoms with Gasteiger partial charge in [0.15, 0.2) is 5.78 Å². The van der Waals surface area contributed by atoms with Crippen LogP contribution in [0.5, 0.6) is 0 Å². The fraction of sp³-hybridized carbons (Fsp3) is 0.182. The van der Waals surface area contributed by atoms with Crippen LogP contribution in [-0.4, -0.2) is 15.6 Å². The lowest BCUT2D eigenvalue weighted by atomic mass is 10.1. The number of aromatic nitrogens is 1. The number of Topliss-reactive ketones (excluding diaryl/α,β-unsaturated/α-hetero) is 1. The molecular formula is C11H9Br2NO. The highest BCUT2D eigenvalue weighted by molar-refractivity contribution is 9.10. The van der Waals surface area contributed by atoms with Gasteiger partial charge in [0.2, 0.25) is 0 Å². The highest BCUT2D eigenvalue weighted by Gasteiger charge is 2.16. The molecular weight excluding hydrogens is 322 g/mol. The van der Waals surface area contributed by atoms with Gasteiger partial charge in [-0.1, -0.05) is 31.9 Å². The zero-order chi connectivity index (χ0) is 11.0. The first-order chi connectivity index (χ1) is 7.09. The molecule has 0 saturated heterocycles. The molecule has 2 aromatic rings. The monoisotopic (exact) mass is 329 g/mol. The number of carbonyl (C=O) groups excluding carboxylic acids is 1. The smallest absolute Gasteiger partial charge is 0.178 e. The second kappa shape index (κ2) is 4.10. The first-order valence-corrected chi connectivity index (χ1v) is 6.25. The molecule has 15 heavy (non-hydrogen) atoms. The van der Waals surface area contributed by atoms with Crippen LogP contribution in [0.2, 0.25) is 0 Å². The highest BCUT2D eigenvalue weighted by atomic mass is 79.9. The zero-order valence-corrected chi connectivity index (χ0v) is 11.2. The molecule has 0 fully saturated rings. The van der Waals surface area contributed by atoms with Gasteiger partial charge in [0.1, 0.15) is 0 Å². The molecule has 78 valence electrons. The number of alkyl halides is 1. The largest absolute Gasteiger partial charge is 0.360 e. The second-order valence-corrected chi connectivity index (χ2v) is 5.66. The predicted molar refractivity (Wildman–Crippen MR) is 68.7 cm³/mol. The van der Waals surface area contributed by atoms with Crippen LogP contribution < -0.4 is 0 Å². The van der Waals surface area contributed by atoms with Gasteiger partial charge in [0.25, 0.3) is 0 Å². The van der Waals surface area contributed by atoms with Crippen LogP contribution in [0.25, 0.3) is 10.9 Å². The summed E-state index contributed by atoms with van der Waals surface area (Å²) >= 11 is 6.69. The Hall–Kier alpha value is -0.610. The maximum Gasteiger partial charge on any atom is 0.178 e. The topological polar surface area (TPSA) is 32.9 Å². The van der Waals surface area contributed by atoms with Crippen LogP contribution in [0, 0.1) is 0 Å². The van der Waals surface area contributed by atoms with E-state index in [0.717, 1.165) is 20.9 Å². The average molecular weight is 331 g/mol. The lowest BCUT2D eigenvalue weighted by Crippen LogP contribution is -2.08. The van der Waals surface area contributed by atoms with Gasteiger partial charge >= 0.3 is 0 Å². The Labute approximate surface area is 104 Å². The standard InChI is InChI=1S/C11H9Br2NO/c1-6(12)11(15)9-5-14-10-3-2-7(13)4-8(9)10/h2-6,14H,1H3/t6-/m0/s1. The van der Waals surface area contributed by atoms with Crippen LogP contribution in [0.3, 0.4) is 0 Å². The normalized spacial score (nSPS) is 13.0. The van der Waals surface area contributed by atoms with Crippen molar-refractivity contribution in [2.24, 2.45) is 0 Å². The van der Waals surface area contributed by atoms with Crippen LogP contribution >= 0.6 is 31.9 Å². The third-order valence-electron chi connectivity index (χ3n) is 2.27. The first-order valence-electron chi connectivity index (χ1n) is 4.54. The SMILES string of the molecule is C[C@H](Br)C(=O)c1c[nH]c2ccc(Br)cc12. The quantitative estimate of drug-likeness (QED) is 0.657. The maximum absolute atomic E-state index is 11.8. The number of rotatable bonds is 2. The summed E-state index contributed by atoms with van der Waals surface area (Å²) < 4.78 is 0.978. The van der Waals surface area contributed by atoms with E-state index in [1.54, 1.807) is 6.20 Å². The van der Waals surface area contributed by atoms with E-state index in [1.807, 2.05) is 25.1 Å².